The van der Waals surface area contributed by atoms with Crippen molar-refractivity contribution < 1.29 is 13.2 Å². The van der Waals surface area contributed by atoms with E-state index in [1.54, 1.807) is 6.07 Å². The van der Waals surface area contributed by atoms with Gasteiger partial charge in [-0.25, -0.2) is 0 Å². The number of anilines is 1. The van der Waals surface area contributed by atoms with Gasteiger partial charge in [-0.15, -0.1) is 0 Å². The van der Waals surface area contributed by atoms with Crippen LogP contribution in [0.3, 0.4) is 0 Å². The number of hydrogen-bond acceptors (Lipinski definition) is 2. The van der Waals surface area contributed by atoms with Crippen molar-refractivity contribution in [1.29, 1.82) is 0 Å². The summed E-state index contributed by atoms with van der Waals surface area (Å²) in [4.78, 5) is 2.01. The van der Waals surface area contributed by atoms with Crippen LogP contribution >= 0.6 is 11.6 Å². The van der Waals surface area contributed by atoms with Crippen LogP contribution in [0.25, 0.3) is 0 Å². The van der Waals surface area contributed by atoms with Gasteiger partial charge in [-0.3, -0.25) is 0 Å². The van der Waals surface area contributed by atoms with Gasteiger partial charge in [0.25, 0.3) is 0 Å². The fourth-order valence-electron chi connectivity index (χ4n) is 2.60. The first-order valence-corrected chi connectivity index (χ1v) is 7.50. The molecule has 21 heavy (non-hydrogen) atoms. The minimum atomic E-state index is -4.43. The normalized spacial score (nSPS) is 24.0. The Morgan fingerprint density at radius 1 is 1.38 bits per heavy atom. The van der Waals surface area contributed by atoms with Gasteiger partial charge in [0.15, 0.2) is 0 Å². The average molecular weight is 321 g/mol. The van der Waals surface area contributed by atoms with Gasteiger partial charge in [0.1, 0.15) is 0 Å². The predicted molar refractivity (Wildman–Crippen MR) is 80.0 cm³/mol. The summed E-state index contributed by atoms with van der Waals surface area (Å²) in [5.41, 5.74) is -0.277. The highest BCUT2D eigenvalue weighted by Crippen LogP contribution is 2.37. The summed E-state index contributed by atoms with van der Waals surface area (Å²) >= 11 is 5.68. The van der Waals surface area contributed by atoms with Gasteiger partial charge in [0.2, 0.25) is 0 Å². The lowest BCUT2D eigenvalue weighted by Gasteiger charge is -2.34. The maximum Gasteiger partial charge on any atom is 0.417 e. The third-order valence-electron chi connectivity index (χ3n) is 4.10. The van der Waals surface area contributed by atoms with Crippen LogP contribution in [0.15, 0.2) is 18.2 Å². The Bertz CT molecular complexity index is 504. The number of hydrogen-bond donors (Lipinski definition) is 1. The maximum absolute atomic E-state index is 13.0. The molecule has 1 N–H and O–H groups in total. The molecule has 6 heteroatoms. The lowest BCUT2D eigenvalue weighted by atomic mass is 9.98. The quantitative estimate of drug-likeness (QED) is 0.872. The van der Waals surface area contributed by atoms with E-state index in [0.29, 0.717) is 12.2 Å². The molecule has 0 radical (unpaired) electrons. The Labute approximate surface area is 128 Å². The molecule has 1 saturated heterocycles. The zero-order valence-electron chi connectivity index (χ0n) is 12.2. The molecule has 0 saturated carbocycles. The number of alkyl halides is 3. The van der Waals surface area contributed by atoms with Gasteiger partial charge in [-0.05, 0) is 44.5 Å². The monoisotopic (exact) mass is 320 g/mol. The van der Waals surface area contributed by atoms with E-state index in [2.05, 4.69) is 19.2 Å². The smallest absolute Gasteiger partial charge is 0.370 e. The summed E-state index contributed by atoms with van der Waals surface area (Å²) in [6.07, 6.45) is -2.60. The first-order chi connectivity index (χ1) is 9.75. The standard InChI is InChI=1S/C15H20ClF3N2/c1-3-14(2)10-21(8-4-7-20-14)11-5-6-13(16)12(9-11)15(17,18)19/h5-6,9,20H,3-4,7-8,10H2,1-2H3. The lowest BCUT2D eigenvalue weighted by Crippen LogP contribution is -2.48. The minimum absolute atomic E-state index is 0.0888. The van der Waals surface area contributed by atoms with Gasteiger partial charge in [0.05, 0.1) is 10.6 Å². The van der Waals surface area contributed by atoms with E-state index >= 15 is 0 Å². The third kappa shape index (κ3) is 3.83. The van der Waals surface area contributed by atoms with Gasteiger partial charge >= 0.3 is 6.18 Å². The van der Waals surface area contributed by atoms with Crippen LogP contribution in [0.5, 0.6) is 0 Å². The average Bonchev–Trinajstić information content (AvgIpc) is 2.61. The molecule has 1 aromatic rings. The molecule has 118 valence electrons. The summed E-state index contributed by atoms with van der Waals surface area (Å²) < 4.78 is 38.9. The van der Waals surface area contributed by atoms with Gasteiger partial charge in [-0.1, -0.05) is 18.5 Å². The molecule has 2 rings (SSSR count). The Morgan fingerprint density at radius 3 is 2.71 bits per heavy atom. The van der Waals surface area contributed by atoms with Crippen molar-refractivity contribution in [3.63, 3.8) is 0 Å². The molecule has 0 aliphatic carbocycles. The molecule has 1 heterocycles. The van der Waals surface area contributed by atoms with Gasteiger partial charge < -0.3 is 10.2 Å². The van der Waals surface area contributed by atoms with E-state index in [-0.39, 0.29) is 10.6 Å². The first-order valence-electron chi connectivity index (χ1n) is 7.12. The van der Waals surface area contributed by atoms with Crippen molar-refractivity contribution in [3.05, 3.63) is 28.8 Å². The number of nitrogens with zero attached hydrogens (tertiary/aromatic N) is 1. The van der Waals surface area contributed by atoms with Crippen LogP contribution in [0, 0.1) is 0 Å². The predicted octanol–water partition coefficient (Wildman–Crippen LogP) is 4.33. The summed E-state index contributed by atoms with van der Waals surface area (Å²) in [5.74, 6) is 0. The summed E-state index contributed by atoms with van der Waals surface area (Å²) in [6, 6.07) is 4.16. The lowest BCUT2D eigenvalue weighted by molar-refractivity contribution is -0.137. The van der Waals surface area contributed by atoms with E-state index < -0.39 is 11.7 Å². The molecule has 0 aromatic heterocycles. The van der Waals surface area contributed by atoms with Crippen LogP contribution in [0.4, 0.5) is 18.9 Å². The number of nitrogens with one attached hydrogen (secondary N) is 1. The highest BCUT2D eigenvalue weighted by molar-refractivity contribution is 6.31. The largest absolute Gasteiger partial charge is 0.417 e. The highest BCUT2D eigenvalue weighted by atomic mass is 35.5. The van der Waals surface area contributed by atoms with Gasteiger partial charge in [-0.2, -0.15) is 13.2 Å². The molecule has 1 aliphatic rings. The van der Waals surface area contributed by atoms with E-state index in [4.69, 9.17) is 11.6 Å². The molecule has 2 nitrogen and oxygen atoms in total. The SMILES string of the molecule is CCC1(C)CN(c2ccc(Cl)c(C(F)(F)F)c2)CCCN1. The molecule has 0 amide bonds. The number of halogens is 4. The Hall–Kier alpha value is -0.940. The zero-order valence-corrected chi connectivity index (χ0v) is 13.0. The van der Waals surface area contributed by atoms with Crippen molar-refractivity contribution >= 4 is 17.3 Å². The molecule has 0 spiro atoms. The van der Waals surface area contributed by atoms with Crippen LogP contribution in [-0.2, 0) is 6.18 Å². The van der Waals surface area contributed by atoms with Crippen molar-refractivity contribution in [2.24, 2.45) is 0 Å². The summed E-state index contributed by atoms with van der Waals surface area (Å²) in [6.45, 7) is 6.48. The highest BCUT2D eigenvalue weighted by Gasteiger charge is 2.34. The molecule has 1 atom stereocenters. The van der Waals surface area contributed by atoms with Crippen LogP contribution < -0.4 is 10.2 Å². The van der Waals surface area contributed by atoms with Crippen LogP contribution in [0.1, 0.15) is 32.3 Å². The fourth-order valence-corrected chi connectivity index (χ4v) is 2.83. The Morgan fingerprint density at radius 2 is 2.10 bits per heavy atom. The second-order valence-electron chi connectivity index (χ2n) is 5.78. The van der Waals surface area contributed by atoms with Crippen molar-refractivity contribution in [1.82, 2.24) is 5.32 Å². The maximum atomic E-state index is 13.0. The molecule has 1 unspecified atom stereocenters. The molecule has 1 aliphatic heterocycles. The van der Waals surface area contributed by atoms with Crippen molar-refractivity contribution in [3.8, 4) is 0 Å². The van der Waals surface area contributed by atoms with Crippen LogP contribution in [-0.4, -0.2) is 25.2 Å². The zero-order chi connectivity index (χ0) is 15.7. The molecule has 1 fully saturated rings. The van der Waals surface area contributed by atoms with Crippen molar-refractivity contribution in [2.45, 2.75) is 38.4 Å². The third-order valence-corrected chi connectivity index (χ3v) is 4.43. The van der Waals surface area contributed by atoms with E-state index in [1.165, 1.54) is 6.07 Å². The number of rotatable bonds is 2. The molecular formula is C15H20ClF3N2. The second kappa shape index (κ2) is 6.05. The van der Waals surface area contributed by atoms with Gasteiger partial charge in [0, 0.05) is 24.3 Å². The number of benzene rings is 1. The Kier molecular flexibility index (Phi) is 4.73. The minimum Gasteiger partial charge on any atom is -0.370 e. The van der Waals surface area contributed by atoms with E-state index in [9.17, 15) is 13.2 Å². The fraction of sp³-hybridized carbons (Fsp3) is 0.600. The summed E-state index contributed by atoms with van der Waals surface area (Å²) in [5, 5.41) is 3.22. The molecular weight excluding hydrogens is 301 g/mol. The first kappa shape index (κ1) is 16.4. The topological polar surface area (TPSA) is 15.3 Å². The molecule has 0 bridgehead atoms. The van der Waals surface area contributed by atoms with E-state index in [0.717, 1.165) is 32.0 Å². The summed E-state index contributed by atoms with van der Waals surface area (Å²) in [7, 11) is 0. The van der Waals surface area contributed by atoms with Crippen LogP contribution in [0.2, 0.25) is 5.02 Å². The van der Waals surface area contributed by atoms with E-state index in [1.807, 2.05) is 4.90 Å². The van der Waals surface area contributed by atoms with Crippen molar-refractivity contribution in [2.75, 3.05) is 24.5 Å². The Balaban J connectivity index is 2.32. The second-order valence-corrected chi connectivity index (χ2v) is 6.19. The molecule has 1 aromatic carbocycles.